The molecule has 2 N–H and O–H groups in total. The lowest BCUT2D eigenvalue weighted by molar-refractivity contribution is 0.862. The molecule has 0 aromatic carbocycles. The fraction of sp³-hybridized carbons (Fsp3) is 0.400. The molecule has 0 fully saturated rings. The normalized spacial score (nSPS) is 11.8. The third kappa shape index (κ3) is 3.87. The van der Waals surface area contributed by atoms with Crippen LogP contribution in [0.15, 0.2) is 11.1 Å². The molecule has 1 unspecified atom stereocenters. The van der Waals surface area contributed by atoms with Gasteiger partial charge in [0.15, 0.2) is 0 Å². The second-order valence-corrected chi connectivity index (χ2v) is 6.71. The minimum absolute atomic E-state index is 0.111. The molecular formula is C15H19N7S. The molecule has 0 aliphatic carbocycles. The van der Waals surface area contributed by atoms with Crippen LogP contribution in [0.5, 0.6) is 0 Å². The quantitative estimate of drug-likeness (QED) is 0.852. The molecule has 0 aliphatic rings. The molecule has 1 atom stereocenters. The van der Waals surface area contributed by atoms with Crippen molar-refractivity contribution in [2.24, 2.45) is 0 Å². The van der Waals surface area contributed by atoms with Crippen molar-refractivity contribution in [2.75, 3.05) is 24.7 Å². The van der Waals surface area contributed by atoms with Crippen LogP contribution in [0.4, 0.5) is 11.9 Å². The van der Waals surface area contributed by atoms with Gasteiger partial charge in [-0.1, -0.05) is 11.8 Å². The van der Waals surface area contributed by atoms with E-state index in [1.165, 1.54) is 11.8 Å². The molecule has 2 aromatic rings. The summed E-state index contributed by atoms with van der Waals surface area (Å²) < 4.78 is 0. The van der Waals surface area contributed by atoms with Crippen LogP contribution in [0, 0.1) is 25.2 Å². The Bertz CT molecular complexity index is 767. The number of thioether (sulfide) groups is 1. The van der Waals surface area contributed by atoms with Crippen LogP contribution in [0.25, 0.3) is 0 Å². The van der Waals surface area contributed by atoms with E-state index in [2.05, 4.69) is 26.0 Å². The first kappa shape index (κ1) is 17.0. The first-order valence-corrected chi connectivity index (χ1v) is 7.93. The maximum atomic E-state index is 9.36. The molecule has 0 saturated heterocycles. The summed E-state index contributed by atoms with van der Waals surface area (Å²) in [7, 11) is 3.69. The highest BCUT2D eigenvalue weighted by molar-refractivity contribution is 7.99. The summed E-state index contributed by atoms with van der Waals surface area (Å²) in [6, 6.07) is 4.12. The number of nitrogens with two attached hydrogens (primary N) is 1. The highest BCUT2D eigenvalue weighted by Gasteiger charge is 2.18. The Kier molecular flexibility index (Phi) is 5.01. The molecule has 23 heavy (non-hydrogen) atoms. The van der Waals surface area contributed by atoms with Crippen LogP contribution >= 0.6 is 11.8 Å². The molecule has 0 radical (unpaired) electrons. The van der Waals surface area contributed by atoms with Crippen LogP contribution in [-0.4, -0.2) is 34.0 Å². The van der Waals surface area contributed by atoms with Gasteiger partial charge >= 0.3 is 0 Å². The van der Waals surface area contributed by atoms with Gasteiger partial charge in [-0.2, -0.15) is 20.2 Å². The fourth-order valence-corrected chi connectivity index (χ4v) is 3.09. The zero-order valence-electron chi connectivity index (χ0n) is 13.8. The summed E-state index contributed by atoms with van der Waals surface area (Å²) >= 11 is 1.44. The van der Waals surface area contributed by atoms with E-state index in [9.17, 15) is 5.26 Å². The Morgan fingerprint density at radius 3 is 2.52 bits per heavy atom. The van der Waals surface area contributed by atoms with Gasteiger partial charge in [-0.25, -0.2) is 4.98 Å². The van der Waals surface area contributed by atoms with Gasteiger partial charge in [-0.15, -0.1) is 0 Å². The van der Waals surface area contributed by atoms with Gasteiger partial charge < -0.3 is 10.6 Å². The minimum Gasteiger partial charge on any atom is -0.368 e. The van der Waals surface area contributed by atoms with Gasteiger partial charge in [0.2, 0.25) is 11.9 Å². The number of hydrogen-bond donors (Lipinski definition) is 1. The molecule has 0 spiro atoms. The average molecular weight is 329 g/mol. The molecule has 2 rings (SSSR count). The van der Waals surface area contributed by atoms with Gasteiger partial charge in [0, 0.05) is 19.8 Å². The first-order chi connectivity index (χ1) is 10.8. The van der Waals surface area contributed by atoms with E-state index in [0.717, 1.165) is 11.3 Å². The van der Waals surface area contributed by atoms with E-state index in [1.807, 2.05) is 40.9 Å². The van der Waals surface area contributed by atoms with Crippen LogP contribution in [0.3, 0.4) is 0 Å². The van der Waals surface area contributed by atoms with Crippen molar-refractivity contribution in [3.8, 4) is 6.07 Å². The second-order valence-electron chi connectivity index (χ2n) is 5.38. The van der Waals surface area contributed by atoms with E-state index in [-0.39, 0.29) is 11.2 Å². The molecule has 0 bridgehead atoms. The van der Waals surface area contributed by atoms with Crippen molar-refractivity contribution in [3.05, 3.63) is 28.7 Å². The Morgan fingerprint density at radius 2 is 1.91 bits per heavy atom. The third-order valence-corrected chi connectivity index (χ3v) is 4.22. The number of aromatic nitrogens is 4. The fourth-order valence-electron chi connectivity index (χ4n) is 2.02. The Balaban J connectivity index is 2.37. The monoisotopic (exact) mass is 329 g/mol. The summed E-state index contributed by atoms with van der Waals surface area (Å²) in [5.74, 6) is 1.25. The van der Waals surface area contributed by atoms with E-state index < -0.39 is 0 Å². The molecule has 120 valence electrons. The lowest BCUT2D eigenvalue weighted by atomic mass is 10.1. The highest BCUT2D eigenvalue weighted by Crippen LogP contribution is 2.35. The summed E-state index contributed by atoms with van der Waals surface area (Å²) in [6.45, 7) is 5.78. The molecule has 2 aromatic heterocycles. The van der Waals surface area contributed by atoms with E-state index in [1.54, 1.807) is 4.90 Å². The topological polar surface area (TPSA) is 105 Å². The van der Waals surface area contributed by atoms with E-state index in [4.69, 9.17) is 5.73 Å². The Morgan fingerprint density at radius 1 is 1.22 bits per heavy atom. The minimum atomic E-state index is -0.111. The van der Waals surface area contributed by atoms with E-state index in [0.29, 0.717) is 22.4 Å². The number of aryl methyl sites for hydroxylation is 2. The maximum Gasteiger partial charge on any atom is 0.229 e. The van der Waals surface area contributed by atoms with Crippen LogP contribution in [-0.2, 0) is 0 Å². The molecule has 0 aliphatic heterocycles. The number of hydrogen-bond acceptors (Lipinski definition) is 8. The van der Waals surface area contributed by atoms with Crippen molar-refractivity contribution in [1.82, 2.24) is 19.9 Å². The average Bonchev–Trinajstić information content (AvgIpc) is 2.46. The number of rotatable bonds is 4. The number of nitrogen functional groups attached to an aromatic ring is 1. The summed E-state index contributed by atoms with van der Waals surface area (Å²) in [6.07, 6.45) is 0. The van der Waals surface area contributed by atoms with Crippen molar-refractivity contribution in [2.45, 2.75) is 31.0 Å². The molecule has 2 heterocycles. The summed E-state index contributed by atoms with van der Waals surface area (Å²) in [5.41, 5.74) is 8.14. The molecule has 0 amide bonds. The molecule has 0 saturated carbocycles. The van der Waals surface area contributed by atoms with Gasteiger partial charge in [-0.3, -0.25) is 0 Å². The van der Waals surface area contributed by atoms with Crippen LogP contribution < -0.4 is 10.6 Å². The first-order valence-electron chi connectivity index (χ1n) is 7.05. The molecule has 7 nitrogen and oxygen atoms in total. The van der Waals surface area contributed by atoms with Crippen molar-refractivity contribution in [3.63, 3.8) is 0 Å². The van der Waals surface area contributed by atoms with Crippen LogP contribution in [0.1, 0.15) is 34.8 Å². The number of nitrogens with zero attached hydrogens (tertiary/aromatic N) is 6. The van der Waals surface area contributed by atoms with Crippen LogP contribution in [0.2, 0.25) is 0 Å². The number of anilines is 2. The van der Waals surface area contributed by atoms with Gasteiger partial charge in [0.25, 0.3) is 0 Å². The van der Waals surface area contributed by atoms with Gasteiger partial charge in [0.1, 0.15) is 16.9 Å². The number of pyridine rings is 1. The van der Waals surface area contributed by atoms with E-state index >= 15 is 0 Å². The standard InChI is InChI=1S/C15H19N7S/c1-8-6-9(2)18-13(11(8)7-16)23-10(3)12-19-14(17)21-15(20-12)22(4)5/h6,10H,1-5H3,(H2,17,19,20,21). The molecule has 8 heteroatoms. The third-order valence-electron chi connectivity index (χ3n) is 3.13. The van der Waals surface area contributed by atoms with Crippen molar-refractivity contribution >= 4 is 23.7 Å². The van der Waals surface area contributed by atoms with Crippen molar-refractivity contribution < 1.29 is 0 Å². The molecular weight excluding hydrogens is 310 g/mol. The summed E-state index contributed by atoms with van der Waals surface area (Å²) in [5, 5.41) is 9.94. The smallest absolute Gasteiger partial charge is 0.229 e. The predicted molar refractivity (Wildman–Crippen MR) is 91.3 cm³/mol. The zero-order chi connectivity index (χ0) is 17.1. The predicted octanol–water partition coefficient (Wildman–Crippen LogP) is 2.26. The second kappa shape index (κ2) is 6.79. The Labute approximate surface area is 140 Å². The lowest BCUT2D eigenvalue weighted by Crippen LogP contribution is -2.16. The van der Waals surface area contributed by atoms with Crippen molar-refractivity contribution in [1.29, 1.82) is 5.26 Å². The van der Waals surface area contributed by atoms with Gasteiger partial charge in [0.05, 0.1) is 10.8 Å². The number of nitriles is 1. The maximum absolute atomic E-state index is 9.36. The Hall–Kier alpha value is -2.40. The largest absolute Gasteiger partial charge is 0.368 e. The summed E-state index contributed by atoms with van der Waals surface area (Å²) in [4.78, 5) is 19.0. The SMILES string of the molecule is Cc1cc(C)c(C#N)c(SC(C)c2nc(N)nc(N(C)C)n2)n1. The highest BCUT2D eigenvalue weighted by atomic mass is 32.2. The zero-order valence-corrected chi connectivity index (χ0v) is 14.6. The lowest BCUT2D eigenvalue weighted by Gasteiger charge is -2.15. The van der Waals surface area contributed by atoms with Gasteiger partial charge in [-0.05, 0) is 32.4 Å².